The summed E-state index contributed by atoms with van der Waals surface area (Å²) in [7, 11) is 0. The predicted molar refractivity (Wildman–Crippen MR) is 101 cm³/mol. The Morgan fingerprint density at radius 3 is 2.35 bits per heavy atom. The highest BCUT2D eigenvalue weighted by molar-refractivity contribution is 5.86. The predicted octanol–water partition coefficient (Wildman–Crippen LogP) is 4.24. The molecule has 0 aliphatic heterocycles. The SMILES string of the molecule is Oc1ccccc1C(Nc1ccccn1)c1ccc2cccnc2c1O. The van der Waals surface area contributed by atoms with Crippen LogP contribution in [0.25, 0.3) is 10.9 Å². The van der Waals surface area contributed by atoms with Crippen molar-refractivity contribution < 1.29 is 10.2 Å². The van der Waals surface area contributed by atoms with Crippen LogP contribution in [0.1, 0.15) is 17.2 Å². The third-order valence-electron chi connectivity index (χ3n) is 4.29. The van der Waals surface area contributed by atoms with Gasteiger partial charge in [0.1, 0.15) is 22.8 Å². The maximum atomic E-state index is 10.8. The summed E-state index contributed by atoms with van der Waals surface area (Å²) < 4.78 is 0. The van der Waals surface area contributed by atoms with Gasteiger partial charge in [0.15, 0.2) is 0 Å². The molecule has 5 nitrogen and oxygen atoms in total. The van der Waals surface area contributed by atoms with Gasteiger partial charge in [-0.15, -0.1) is 0 Å². The molecule has 2 heterocycles. The number of fused-ring (bicyclic) bond motifs is 1. The summed E-state index contributed by atoms with van der Waals surface area (Å²) in [4.78, 5) is 8.59. The first-order chi connectivity index (χ1) is 12.7. The first-order valence-corrected chi connectivity index (χ1v) is 8.26. The van der Waals surface area contributed by atoms with E-state index in [9.17, 15) is 10.2 Å². The van der Waals surface area contributed by atoms with Gasteiger partial charge in [0, 0.05) is 28.9 Å². The van der Waals surface area contributed by atoms with Crippen LogP contribution >= 0.6 is 0 Å². The lowest BCUT2D eigenvalue weighted by Gasteiger charge is -2.22. The number of anilines is 1. The fourth-order valence-corrected chi connectivity index (χ4v) is 3.03. The quantitative estimate of drug-likeness (QED) is 0.516. The summed E-state index contributed by atoms with van der Waals surface area (Å²) in [6.07, 6.45) is 3.33. The number of aromatic hydroxyl groups is 2. The number of pyridine rings is 2. The maximum absolute atomic E-state index is 10.8. The molecule has 128 valence electrons. The van der Waals surface area contributed by atoms with Gasteiger partial charge in [-0.1, -0.05) is 42.5 Å². The molecule has 0 aliphatic rings. The normalized spacial score (nSPS) is 12.0. The smallest absolute Gasteiger partial charge is 0.147 e. The van der Waals surface area contributed by atoms with Crippen molar-refractivity contribution in [1.29, 1.82) is 0 Å². The Balaban J connectivity index is 1.88. The minimum Gasteiger partial charge on any atom is -0.508 e. The van der Waals surface area contributed by atoms with Crippen LogP contribution in [0.5, 0.6) is 11.5 Å². The van der Waals surface area contributed by atoms with E-state index in [4.69, 9.17) is 0 Å². The van der Waals surface area contributed by atoms with Crippen LogP contribution < -0.4 is 5.32 Å². The molecule has 5 heteroatoms. The van der Waals surface area contributed by atoms with E-state index in [0.29, 0.717) is 22.5 Å². The summed E-state index contributed by atoms with van der Waals surface area (Å²) in [5.41, 5.74) is 1.78. The van der Waals surface area contributed by atoms with Gasteiger partial charge in [-0.3, -0.25) is 4.98 Å². The number of hydrogen-bond donors (Lipinski definition) is 3. The Bertz CT molecular complexity index is 1050. The van der Waals surface area contributed by atoms with Crippen LogP contribution in [-0.4, -0.2) is 20.2 Å². The van der Waals surface area contributed by atoms with E-state index >= 15 is 0 Å². The highest BCUT2D eigenvalue weighted by Gasteiger charge is 2.22. The zero-order chi connectivity index (χ0) is 17.9. The van der Waals surface area contributed by atoms with Crippen molar-refractivity contribution in [2.45, 2.75) is 6.04 Å². The summed E-state index contributed by atoms with van der Waals surface area (Å²) >= 11 is 0. The molecule has 0 spiro atoms. The topological polar surface area (TPSA) is 78.3 Å². The molecule has 0 aliphatic carbocycles. The van der Waals surface area contributed by atoms with E-state index in [-0.39, 0.29) is 11.5 Å². The molecule has 2 aromatic carbocycles. The van der Waals surface area contributed by atoms with Crippen molar-refractivity contribution in [2.75, 3.05) is 5.32 Å². The lowest BCUT2D eigenvalue weighted by molar-refractivity contribution is 0.460. The van der Waals surface area contributed by atoms with Crippen LogP contribution in [-0.2, 0) is 0 Å². The highest BCUT2D eigenvalue weighted by atomic mass is 16.3. The van der Waals surface area contributed by atoms with Gasteiger partial charge in [-0.2, -0.15) is 0 Å². The average Bonchev–Trinajstić information content (AvgIpc) is 2.68. The molecule has 0 saturated carbocycles. The molecule has 0 fully saturated rings. The molecule has 0 radical (unpaired) electrons. The number of nitrogens with zero attached hydrogens (tertiary/aromatic N) is 2. The van der Waals surface area contributed by atoms with Crippen molar-refractivity contribution in [3.8, 4) is 11.5 Å². The number of benzene rings is 2. The largest absolute Gasteiger partial charge is 0.508 e. The third-order valence-corrected chi connectivity index (χ3v) is 4.29. The minimum absolute atomic E-state index is 0.0831. The van der Waals surface area contributed by atoms with Crippen LogP contribution in [0, 0.1) is 0 Å². The Hall–Kier alpha value is -3.60. The van der Waals surface area contributed by atoms with E-state index < -0.39 is 6.04 Å². The fraction of sp³-hybridized carbons (Fsp3) is 0.0476. The van der Waals surface area contributed by atoms with Crippen molar-refractivity contribution in [3.63, 3.8) is 0 Å². The molecule has 0 amide bonds. The van der Waals surface area contributed by atoms with Gasteiger partial charge in [0.05, 0.1) is 6.04 Å². The summed E-state index contributed by atoms with van der Waals surface area (Å²) in [6.45, 7) is 0. The number of phenols is 2. The lowest BCUT2D eigenvalue weighted by atomic mass is 9.95. The molecule has 0 saturated heterocycles. The monoisotopic (exact) mass is 343 g/mol. The van der Waals surface area contributed by atoms with Crippen LogP contribution in [0.3, 0.4) is 0 Å². The van der Waals surface area contributed by atoms with Gasteiger partial charge in [0.25, 0.3) is 0 Å². The van der Waals surface area contributed by atoms with Gasteiger partial charge < -0.3 is 15.5 Å². The maximum Gasteiger partial charge on any atom is 0.147 e. The number of hydrogen-bond acceptors (Lipinski definition) is 5. The van der Waals surface area contributed by atoms with Crippen LogP contribution in [0.15, 0.2) is 79.1 Å². The van der Waals surface area contributed by atoms with Gasteiger partial charge in [-0.25, -0.2) is 4.98 Å². The molecule has 3 N–H and O–H groups in total. The summed E-state index contributed by atoms with van der Waals surface area (Å²) in [5, 5.41) is 25.4. The summed E-state index contributed by atoms with van der Waals surface area (Å²) in [5.74, 6) is 0.863. The Kier molecular flexibility index (Phi) is 4.11. The summed E-state index contributed by atoms with van der Waals surface area (Å²) in [6, 6.07) is 19.6. The van der Waals surface area contributed by atoms with Gasteiger partial charge in [-0.05, 0) is 24.3 Å². The lowest BCUT2D eigenvalue weighted by Crippen LogP contribution is -2.14. The van der Waals surface area contributed by atoms with Crippen LogP contribution in [0.2, 0.25) is 0 Å². The molecular weight excluding hydrogens is 326 g/mol. The Labute approximate surface area is 150 Å². The number of aromatic nitrogens is 2. The minimum atomic E-state index is -0.488. The van der Waals surface area contributed by atoms with E-state index in [1.54, 1.807) is 24.5 Å². The first-order valence-electron chi connectivity index (χ1n) is 8.26. The van der Waals surface area contributed by atoms with Gasteiger partial charge >= 0.3 is 0 Å². The van der Waals surface area contributed by atoms with E-state index in [1.165, 1.54) is 0 Å². The average molecular weight is 343 g/mol. The molecule has 2 aromatic heterocycles. The molecular formula is C21H17N3O2. The molecule has 4 rings (SSSR count). The second-order valence-electron chi connectivity index (χ2n) is 5.93. The van der Waals surface area contributed by atoms with Crippen LogP contribution in [0.4, 0.5) is 5.82 Å². The Morgan fingerprint density at radius 2 is 1.54 bits per heavy atom. The number of para-hydroxylation sites is 1. The second-order valence-corrected chi connectivity index (χ2v) is 5.93. The molecule has 1 atom stereocenters. The molecule has 0 bridgehead atoms. The van der Waals surface area contributed by atoms with Crippen molar-refractivity contribution in [2.24, 2.45) is 0 Å². The van der Waals surface area contributed by atoms with E-state index in [2.05, 4.69) is 15.3 Å². The van der Waals surface area contributed by atoms with Crippen molar-refractivity contribution in [3.05, 3.63) is 90.3 Å². The fourth-order valence-electron chi connectivity index (χ4n) is 3.03. The van der Waals surface area contributed by atoms with Crippen molar-refractivity contribution in [1.82, 2.24) is 9.97 Å². The second kappa shape index (κ2) is 6.72. The zero-order valence-electron chi connectivity index (χ0n) is 13.9. The van der Waals surface area contributed by atoms with E-state index in [0.717, 1.165) is 5.39 Å². The zero-order valence-corrected chi connectivity index (χ0v) is 13.9. The molecule has 1 unspecified atom stereocenters. The van der Waals surface area contributed by atoms with Gasteiger partial charge in [0.2, 0.25) is 0 Å². The first kappa shape index (κ1) is 15.9. The number of rotatable bonds is 4. The Morgan fingerprint density at radius 1 is 0.731 bits per heavy atom. The van der Waals surface area contributed by atoms with E-state index in [1.807, 2.05) is 54.6 Å². The number of phenolic OH excluding ortho intramolecular Hbond substituents is 2. The van der Waals surface area contributed by atoms with Crippen molar-refractivity contribution >= 4 is 16.7 Å². The molecule has 26 heavy (non-hydrogen) atoms. The highest BCUT2D eigenvalue weighted by Crippen LogP contribution is 2.38. The molecule has 4 aromatic rings. The third kappa shape index (κ3) is 2.91. The number of nitrogens with one attached hydrogen (secondary N) is 1. The standard InChI is InChI=1S/C21H17N3O2/c25-17-8-2-1-7-15(17)20(24-18-9-3-4-12-22-18)16-11-10-14-6-5-13-23-19(14)21(16)26/h1-13,20,25-26H,(H,22,24).